The number of nitrogens with zero attached hydrogens (tertiary/aromatic N) is 1. The molecule has 0 amide bonds. The molecular weight excluding hydrogens is 204 g/mol. The maximum atomic E-state index is 10.8. The second-order valence-electron chi connectivity index (χ2n) is 3.28. The highest BCUT2D eigenvalue weighted by Gasteiger charge is 2.07. The predicted molar refractivity (Wildman–Crippen MR) is 60.6 cm³/mol. The molecule has 0 bridgehead atoms. The number of hydrogen-bond donors (Lipinski definition) is 1. The lowest BCUT2D eigenvalue weighted by Crippen LogP contribution is -1.92. The van der Waals surface area contributed by atoms with Crippen molar-refractivity contribution in [2.45, 2.75) is 6.92 Å². The van der Waals surface area contributed by atoms with Gasteiger partial charge in [-0.1, -0.05) is 12.1 Å². The van der Waals surface area contributed by atoms with E-state index in [1.807, 2.05) is 31.2 Å². The zero-order valence-corrected chi connectivity index (χ0v) is 8.93. The summed E-state index contributed by atoms with van der Waals surface area (Å²) < 4.78 is 5.40. The van der Waals surface area contributed by atoms with Crippen LogP contribution in [0.5, 0.6) is 5.75 Å². The molecule has 82 valence electrons. The highest BCUT2D eigenvalue weighted by molar-refractivity contribution is 5.85. The number of hydrogen-bond acceptors (Lipinski definition) is 3. The molecule has 0 radical (unpaired) electrons. The number of aromatic amines is 1. The minimum Gasteiger partial charge on any atom is -0.494 e. The lowest BCUT2D eigenvalue weighted by Gasteiger charge is -2.04. The molecule has 0 saturated heterocycles. The molecule has 1 N–H and O–H groups in total. The number of rotatable bonds is 4. The van der Waals surface area contributed by atoms with E-state index in [1.54, 1.807) is 0 Å². The van der Waals surface area contributed by atoms with Crippen molar-refractivity contribution >= 4 is 6.29 Å². The number of aldehydes is 1. The smallest absolute Gasteiger partial charge is 0.153 e. The van der Waals surface area contributed by atoms with Crippen LogP contribution in [-0.4, -0.2) is 23.1 Å². The van der Waals surface area contributed by atoms with Crippen molar-refractivity contribution in [1.82, 2.24) is 10.2 Å². The van der Waals surface area contributed by atoms with Crippen molar-refractivity contribution in [2.75, 3.05) is 6.61 Å². The summed E-state index contributed by atoms with van der Waals surface area (Å²) in [5.41, 5.74) is 2.16. The number of H-pyrrole nitrogens is 1. The highest BCUT2D eigenvalue weighted by atomic mass is 16.5. The van der Waals surface area contributed by atoms with Crippen molar-refractivity contribution in [3.8, 4) is 17.0 Å². The maximum Gasteiger partial charge on any atom is 0.153 e. The van der Waals surface area contributed by atoms with Gasteiger partial charge in [-0.15, -0.1) is 0 Å². The Balaban J connectivity index is 2.40. The van der Waals surface area contributed by atoms with Gasteiger partial charge in [-0.25, -0.2) is 0 Å². The van der Waals surface area contributed by atoms with Crippen LogP contribution in [0.2, 0.25) is 0 Å². The summed E-state index contributed by atoms with van der Waals surface area (Å²) in [6.07, 6.45) is 2.29. The monoisotopic (exact) mass is 216 g/mol. The largest absolute Gasteiger partial charge is 0.494 e. The summed E-state index contributed by atoms with van der Waals surface area (Å²) in [4.78, 5) is 10.8. The lowest BCUT2D eigenvalue weighted by atomic mass is 10.1. The second kappa shape index (κ2) is 4.61. The molecule has 0 saturated carbocycles. The zero-order chi connectivity index (χ0) is 11.4. The first-order valence-corrected chi connectivity index (χ1v) is 5.07. The Labute approximate surface area is 93.3 Å². The Hall–Kier alpha value is -2.10. The summed E-state index contributed by atoms with van der Waals surface area (Å²) in [5.74, 6) is 0.784. The fourth-order valence-electron chi connectivity index (χ4n) is 1.52. The minimum absolute atomic E-state index is 0.550. The summed E-state index contributed by atoms with van der Waals surface area (Å²) in [7, 11) is 0. The molecule has 0 aliphatic rings. The van der Waals surface area contributed by atoms with E-state index in [9.17, 15) is 4.79 Å². The van der Waals surface area contributed by atoms with Gasteiger partial charge in [-0.2, -0.15) is 5.10 Å². The zero-order valence-electron chi connectivity index (χ0n) is 8.93. The molecule has 4 nitrogen and oxygen atoms in total. The molecule has 0 aliphatic carbocycles. The number of benzene rings is 1. The van der Waals surface area contributed by atoms with Gasteiger partial charge < -0.3 is 4.74 Å². The van der Waals surface area contributed by atoms with Crippen LogP contribution < -0.4 is 4.74 Å². The first-order chi connectivity index (χ1) is 7.85. The Morgan fingerprint density at radius 2 is 2.38 bits per heavy atom. The van der Waals surface area contributed by atoms with Crippen LogP contribution in [0.4, 0.5) is 0 Å². The molecule has 1 aromatic heterocycles. The number of nitrogens with one attached hydrogen (secondary N) is 1. The summed E-state index contributed by atoms with van der Waals surface area (Å²) in [6.45, 7) is 2.55. The van der Waals surface area contributed by atoms with Crippen LogP contribution in [0, 0.1) is 0 Å². The Bertz CT molecular complexity index is 491. The minimum atomic E-state index is 0.550. The third kappa shape index (κ3) is 1.95. The van der Waals surface area contributed by atoms with Gasteiger partial charge in [0.25, 0.3) is 0 Å². The van der Waals surface area contributed by atoms with Gasteiger partial charge >= 0.3 is 0 Å². The van der Waals surface area contributed by atoms with Crippen LogP contribution in [0.3, 0.4) is 0 Å². The average Bonchev–Trinajstić information content (AvgIpc) is 2.78. The van der Waals surface area contributed by atoms with Crippen LogP contribution in [0.1, 0.15) is 17.3 Å². The molecule has 0 fully saturated rings. The summed E-state index contributed by atoms with van der Waals surface area (Å²) in [5, 5.41) is 6.65. The van der Waals surface area contributed by atoms with Crippen molar-refractivity contribution < 1.29 is 9.53 Å². The predicted octanol–water partition coefficient (Wildman–Crippen LogP) is 2.29. The second-order valence-corrected chi connectivity index (χ2v) is 3.28. The Kier molecular flexibility index (Phi) is 3.00. The van der Waals surface area contributed by atoms with E-state index in [4.69, 9.17) is 4.74 Å². The molecule has 0 aliphatic heterocycles. The van der Waals surface area contributed by atoms with Gasteiger partial charge in [0.2, 0.25) is 0 Å². The molecule has 16 heavy (non-hydrogen) atoms. The molecule has 2 rings (SSSR count). The van der Waals surface area contributed by atoms with E-state index in [-0.39, 0.29) is 0 Å². The van der Waals surface area contributed by atoms with Crippen LogP contribution in [0.25, 0.3) is 11.3 Å². The molecule has 0 atom stereocenters. The number of aromatic nitrogens is 2. The van der Waals surface area contributed by atoms with E-state index in [0.29, 0.717) is 12.2 Å². The van der Waals surface area contributed by atoms with Crippen molar-refractivity contribution in [2.24, 2.45) is 0 Å². The number of ether oxygens (including phenoxy) is 1. The molecule has 1 aromatic carbocycles. The molecular formula is C12H12N2O2. The van der Waals surface area contributed by atoms with Crippen molar-refractivity contribution in [1.29, 1.82) is 0 Å². The van der Waals surface area contributed by atoms with Gasteiger partial charge in [-0.3, -0.25) is 9.89 Å². The highest BCUT2D eigenvalue weighted by Crippen LogP contribution is 2.24. The van der Waals surface area contributed by atoms with E-state index < -0.39 is 0 Å². The first-order valence-electron chi connectivity index (χ1n) is 5.07. The molecule has 4 heteroatoms. The standard InChI is InChI=1S/C12H12N2O2/c1-2-16-11-5-3-4-9(6-11)12-10(8-15)7-13-14-12/h3-8H,2H2,1H3,(H,13,14). The van der Waals surface area contributed by atoms with E-state index in [1.165, 1.54) is 6.20 Å². The lowest BCUT2D eigenvalue weighted by molar-refractivity contribution is 0.112. The van der Waals surface area contributed by atoms with Gasteiger partial charge in [-0.05, 0) is 19.1 Å². The number of carbonyl (C=O) groups is 1. The van der Waals surface area contributed by atoms with Crippen LogP contribution in [-0.2, 0) is 0 Å². The third-order valence-electron chi connectivity index (χ3n) is 2.23. The van der Waals surface area contributed by atoms with Gasteiger partial charge in [0.05, 0.1) is 24.1 Å². The van der Waals surface area contributed by atoms with Gasteiger partial charge in [0.15, 0.2) is 6.29 Å². The number of carbonyl (C=O) groups excluding carboxylic acids is 1. The molecule has 0 unspecified atom stereocenters. The van der Waals surface area contributed by atoms with Gasteiger partial charge in [0.1, 0.15) is 5.75 Å². The topological polar surface area (TPSA) is 55.0 Å². The van der Waals surface area contributed by atoms with Crippen LogP contribution in [0.15, 0.2) is 30.5 Å². The Morgan fingerprint density at radius 1 is 1.50 bits per heavy atom. The molecule has 1 heterocycles. The fourth-order valence-corrected chi connectivity index (χ4v) is 1.52. The summed E-state index contributed by atoms with van der Waals surface area (Å²) in [6, 6.07) is 7.55. The van der Waals surface area contributed by atoms with Gasteiger partial charge in [0, 0.05) is 5.56 Å². The molecule has 0 spiro atoms. The van der Waals surface area contributed by atoms with Crippen LogP contribution >= 0.6 is 0 Å². The quantitative estimate of drug-likeness (QED) is 0.798. The average molecular weight is 216 g/mol. The molecule has 2 aromatic rings. The Morgan fingerprint density at radius 3 is 3.12 bits per heavy atom. The van der Waals surface area contributed by atoms with Crippen molar-refractivity contribution in [3.63, 3.8) is 0 Å². The normalized spacial score (nSPS) is 10.1. The van der Waals surface area contributed by atoms with Crippen molar-refractivity contribution in [3.05, 3.63) is 36.0 Å². The van der Waals surface area contributed by atoms with E-state index >= 15 is 0 Å². The summed E-state index contributed by atoms with van der Waals surface area (Å²) >= 11 is 0. The van der Waals surface area contributed by atoms with E-state index in [2.05, 4.69) is 10.2 Å². The maximum absolute atomic E-state index is 10.8. The first kappa shape index (κ1) is 10.4. The van der Waals surface area contributed by atoms with E-state index in [0.717, 1.165) is 23.3 Å². The SMILES string of the molecule is CCOc1cccc(-c2[nH]ncc2C=O)c1. The third-order valence-corrected chi connectivity index (χ3v) is 2.23. The fraction of sp³-hybridized carbons (Fsp3) is 0.167.